The van der Waals surface area contributed by atoms with Crippen LogP contribution in [0.25, 0.3) is 10.9 Å². The maximum atomic E-state index is 13.5. The fraction of sp³-hybridized carbons (Fsp3) is 0.424. The summed E-state index contributed by atoms with van der Waals surface area (Å²) in [6, 6.07) is 14.1. The van der Waals surface area contributed by atoms with Crippen molar-refractivity contribution in [3.63, 3.8) is 0 Å². The second kappa shape index (κ2) is 13.1. The number of H-pyrrole nitrogens is 1. The molecule has 1 amide bonds. The smallest absolute Gasteiger partial charge is 0.415 e. The van der Waals surface area contributed by atoms with Gasteiger partial charge in [0.05, 0.1) is 19.9 Å². The largest absolute Gasteiger partial charge is 0.494 e. The molecule has 3 aliphatic rings. The highest BCUT2D eigenvalue weighted by Crippen LogP contribution is 2.40. The van der Waals surface area contributed by atoms with Crippen molar-refractivity contribution in [2.45, 2.75) is 57.9 Å². The van der Waals surface area contributed by atoms with Gasteiger partial charge in [0.25, 0.3) is 0 Å². The predicted octanol–water partition coefficient (Wildman–Crippen LogP) is 6.36. The van der Waals surface area contributed by atoms with Crippen molar-refractivity contribution in [1.29, 1.82) is 0 Å². The molecule has 1 fully saturated rings. The Morgan fingerprint density at radius 2 is 1.88 bits per heavy atom. The summed E-state index contributed by atoms with van der Waals surface area (Å²) < 4.78 is 25.3. The number of aromatic nitrogens is 1. The lowest BCUT2D eigenvalue weighted by atomic mass is 9.92. The lowest BCUT2D eigenvalue weighted by molar-refractivity contribution is 0.110. The van der Waals surface area contributed by atoms with Gasteiger partial charge in [-0.25, -0.2) is 19.6 Å². The Kier molecular flexibility index (Phi) is 8.88. The molecule has 3 aromatic rings. The maximum Gasteiger partial charge on any atom is 0.415 e. The highest BCUT2D eigenvalue weighted by molar-refractivity contribution is 5.86. The summed E-state index contributed by atoms with van der Waals surface area (Å²) in [4.78, 5) is 18.9. The number of allylic oxidation sites excluding steroid dienone is 4. The number of nitrogens with one attached hydrogen (secondary N) is 3. The molecule has 1 unspecified atom stereocenters. The summed E-state index contributed by atoms with van der Waals surface area (Å²) >= 11 is 0. The first kappa shape index (κ1) is 28.5. The van der Waals surface area contributed by atoms with Gasteiger partial charge in [-0.15, -0.1) is 0 Å². The molecule has 2 aliphatic heterocycles. The summed E-state index contributed by atoms with van der Waals surface area (Å²) in [7, 11) is 0. The lowest BCUT2D eigenvalue weighted by Gasteiger charge is -2.35. The summed E-state index contributed by atoms with van der Waals surface area (Å²) in [5.74, 6) is 1.12. The number of carbonyl (C=O) groups excluding carboxylic acids is 1. The Bertz CT molecular complexity index is 1460. The molecule has 3 N–H and O–H groups in total. The van der Waals surface area contributed by atoms with Gasteiger partial charge in [-0.2, -0.15) is 0 Å². The van der Waals surface area contributed by atoms with Gasteiger partial charge >= 0.3 is 6.09 Å². The van der Waals surface area contributed by atoms with Crippen molar-refractivity contribution < 1.29 is 18.7 Å². The molecule has 0 spiro atoms. The topological polar surface area (TPSA) is 81.9 Å². The molecule has 222 valence electrons. The maximum absolute atomic E-state index is 13.5. The first-order valence-corrected chi connectivity index (χ1v) is 15.1. The number of fused-ring (bicyclic) bond motifs is 3. The number of halogens is 1. The molecule has 6 rings (SSSR count). The van der Waals surface area contributed by atoms with Gasteiger partial charge in [0, 0.05) is 42.5 Å². The first-order chi connectivity index (χ1) is 20.5. The molecule has 0 bridgehead atoms. The number of hydrazine groups is 1. The minimum Gasteiger partial charge on any atom is -0.494 e. The van der Waals surface area contributed by atoms with Crippen molar-refractivity contribution in [3.8, 4) is 5.75 Å². The molecule has 0 radical (unpaired) electrons. The molecule has 2 aromatic carbocycles. The van der Waals surface area contributed by atoms with Crippen molar-refractivity contribution in [2.24, 2.45) is 0 Å². The van der Waals surface area contributed by atoms with E-state index in [1.54, 1.807) is 11.0 Å². The number of hydrogen-bond donors (Lipinski definition) is 3. The van der Waals surface area contributed by atoms with E-state index in [1.807, 2.05) is 24.3 Å². The Labute approximate surface area is 246 Å². The number of amides is 1. The molecule has 1 aromatic heterocycles. The van der Waals surface area contributed by atoms with Crippen LogP contribution >= 0.6 is 0 Å². The van der Waals surface area contributed by atoms with Gasteiger partial charge in [0.1, 0.15) is 23.4 Å². The quantitative estimate of drug-likeness (QED) is 0.245. The van der Waals surface area contributed by atoms with E-state index in [1.165, 1.54) is 35.4 Å². The molecule has 42 heavy (non-hydrogen) atoms. The average Bonchev–Trinajstić information content (AvgIpc) is 3.65. The highest BCUT2D eigenvalue weighted by atomic mass is 19.1. The molecule has 9 heteroatoms. The lowest BCUT2D eigenvalue weighted by Crippen LogP contribution is -2.40. The van der Waals surface area contributed by atoms with Crippen LogP contribution in [-0.2, 0) is 11.2 Å². The number of aryl methyl sites for hydroxylation is 1. The third kappa shape index (κ3) is 6.53. The zero-order valence-electron chi connectivity index (χ0n) is 24.3. The summed E-state index contributed by atoms with van der Waals surface area (Å²) in [6.07, 6.45) is 8.38. The Morgan fingerprint density at radius 1 is 1.02 bits per heavy atom. The van der Waals surface area contributed by atoms with Crippen molar-refractivity contribution in [3.05, 3.63) is 88.6 Å². The van der Waals surface area contributed by atoms with Crippen molar-refractivity contribution in [1.82, 2.24) is 25.6 Å². The molecule has 1 atom stereocenters. The Morgan fingerprint density at radius 3 is 2.67 bits per heavy atom. The van der Waals surface area contributed by atoms with Crippen LogP contribution in [0.3, 0.4) is 0 Å². The van der Waals surface area contributed by atoms with Crippen LogP contribution in [0.1, 0.15) is 67.0 Å². The van der Waals surface area contributed by atoms with Gasteiger partial charge in [-0.05, 0) is 73.7 Å². The number of unbranched alkanes of at least 4 members (excludes halogenated alkanes) is 3. The fourth-order valence-electron chi connectivity index (χ4n) is 6.06. The zero-order chi connectivity index (χ0) is 28.9. The number of aromatic amines is 1. The van der Waals surface area contributed by atoms with E-state index in [0.29, 0.717) is 25.3 Å². The van der Waals surface area contributed by atoms with Crippen molar-refractivity contribution >= 4 is 17.0 Å². The van der Waals surface area contributed by atoms with Gasteiger partial charge in [-0.3, -0.25) is 10.2 Å². The Hall–Kier alpha value is -3.66. The summed E-state index contributed by atoms with van der Waals surface area (Å²) in [5.41, 5.74) is 8.80. The van der Waals surface area contributed by atoms with E-state index in [2.05, 4.69) is 45.9 Å². The second-order valence-electron chi connectivity index (χ2n) is 11.4. The molecule has 1 saturated heterocycles. The highest BCUT2D eigenvalue weighted by Gasteiger charge is 2.36. The SMILES string of the molecule is Cc1ccc2[nH]c3c(c2c1)CCN(C(=O)OC1=CC=C(F)CC1)C3c1ccc(OCCCCCCN2CNCN2)cc1. The summed E-state index contributed by atoms with van der Waals surface area (Å²) in [6.45, 7) is 6.14. The molecular formula is C33H40FN5O3. The number of nitrogens with zero attached hydrogens (tertiary/aromatic N) is 2. The van der Waals surface area contributed by atoms with Gasteiger partial charge in [-0.1, -0.05) is 36.6 Å². The van der Waals surface area contributed by atoms with E-state index in [9.17, 15) is 9.18 Å². The Balaban J connectivity index is 1.14. The van der Waals surface area contributed by atoms with Gasteiger partial charge < -0.3 is 14.5 Å². The number of benzene rings is 2. The van der Waals surface area contributed by atoms with Gasteiger partial charge in [0.2, 0.25) is 0 Å². The molecule has 1 aliphatic carbocycles. The minimum atomic E-state index is -0.417. The third-order valence-electron chi connectivity index (χ3n) is 8.31. The molecule has 3 heterocycles. The second-order valence-corrected chi connectivity index (χ2v) is 11.4. The van der Waals surface area contributed by atoms with E-state index in [-0.39, 0.29) is 18.3 Å². The predicted molar refractivity (Wildman–Crippen MR) is 161 cm³/mol. The van der Waals surface area contributed by atoms with Crippen molar-refractivity contribution in [2.75, 3.05) is 33.0 Å². The first-order valence-electron chi connectivity index (χ1n) is 15.1. The van der Waals surface area contributed by atoms with Gasteiger partial charge in [0.15, 0.2) is 0 Å². The zero-order valence-corrected chi connectivity index (χ0v) is 24.3. The van der Waals surface area contributed by atoms with E-state index >= 15 is 0 Å². The molecular weight excluding hydrogens is 533 g/mol. The van der Waals surface area contributed by atoms with Crippen LogP contribution in [0.15, 0.2) is 66.2 Å². The molecule has 0 saturated carbocycles. The molecule has 8 nitrogen and oxygen atoms in total. The van der Waals surface area contributed by atoms with E-state index < -0.39 is 6.09 Å². The van der Waals surface area contributed by atoms with E-state index in [4.69, 9.17) is 9.47 Å². The van der Waals surface area contributed by atoms with Crippen LogP contribution in [0.2, 0.25) is 0 Å². The normalized spacial score (nSPS) is 19.0. The standard InChI is InChI=1S/C33H40FN5O3/c1-23-6-15-30-29(20-23)28-16-18-39(33(40)42-27-13-9-25(34)10-14-27)32(31(28)37-30)24-7-11-26(12-8-24)41-19-5-3-2-4-17-38-22-35-21-36-38/h6-9,11-13,15,20,32,35-37H,2-5,10,14,16-19,21-22H2,1H3. The van der Waals surface area contributed by atoms with E-state index in [0.717, 1.165) is 61.7 Å². The number of carbonyl (C=O) groups is 1. The minimum absolute atomic E-state index is 0.196. The van der Waals surface area contributed by atoms with Crippen LogP contribution in [0, 0.1) is 6.92 Å². The fourth-order valence-corrected chi connectivity index (χ4v) is 6.06. The number of rotatable bonds is 10. The van der Waals surface area contributed by atoms with Crippen LogP contribution in [-0.4, -0.2) is 54.0 Å². The number of ether oxygens (including phenoxy) is 2. The van der Waals surface area contributed by atoms with Crippen LogP contribution in [0.5, 0.6) is 5.75 Å². The average molecular weight is 574 g/mol. The monoisotopic (exact) mass is 573 g/mol. The number of hydrogen-bond acceptors (Lipinski definition) is 6. The summed E-state index contributed by atoms with van der Waals surface area (Å²) in [5, 5.41) is 6.69. The van der Waals surface area contributed by atoms with Crippen LogP contribution in [0.4, 0.5) is 9.18 Å². The third-order valence-corrected chi connectivity index (χ3v) is 8.31. The van der Waals surface area contributed by atoms with Crippen LogP contribution < -0.4 is 15.5 Å².